The first kappa shape index (κ1) is 22.8. The molecule has 0 aliphatic carbocycles. The minimum absolute atomic E-state index is 0.228. The maximum atomic E-state index is 12.6. The Hall–Kier alpha value is -4.40. The maximum absolute atomic E-state index is 12.6. The molecule has 0 amide bonds. The molecule has 34 heavy (non-hydrogen) atoms. The van der Waals surface area contributed by atoms with Crippen molar-refractivity contribution in [3.8, 4) is 5.69 Å². The van der Waals surface area contributed by atoms with Crippen molar-refractivity contribution < 1.29 is 19.1 Å². The second-order valence-electron chi connectivity index (χ2n) is 7.36. The summed E-state index contributed by atoms with van der Waals surface area (Å²) in [5, 5.41) is 10.9. The lowest BCUT2D eigenvalue weighted by Crippen LogP contribution is -2.33. The molecular formula is C25H25N5O4. The Labute approximate surface area is 197 Å². The zero-order chi connectivity index (χ0) is 24.1. The number of anilines is 1. The van der Waals surface area contributed by atoms with E-state index in [9.17, 15) is 9.59 Å². The molecule has 2 N–H and O–H groups in total. The lowest BCUT2D eigenvalue weighted by molar-refractivity contribution is -0.138. The average Bonchev–Trinajstić information content (AvgIpc) is 3.02. The number of nitrogens with one attached hydrogen (secondary N) is 2. The number of aliphatic imine (C=N–C) groups is 1. The summed E-state index contributed by atoms with van der Waals surface area (Å²) in [7, 11) is 0. The van der Waals surface area contributed by atoms with Crippen LogP contribution in [0.3, 0.4) is 0 Å². The highest BCUT2D eigenvalue weighted by Gasteiger charge is 2.23. The first-order valence-corrected chi connectivity index (χ1v) is 10.9. The summed E-state index contributed by atoms with van der Waals surface area (Å²) in [6.45, 7) is 5.91. The van der Waals surface area contributed by atoms with E-state index >= 15 is 0 Å². The summed E-state index contributed by atoms with van der Waals surface area (Å²) in [6.07, 6.45) is 1.69. The highest BCUT2D eigenvalue weighted by atomic mass is 16.5. The minimum Gasteiger partial charge on any atom is -0.462 e. The molecule has 0 atom stereocenters. The van der Waals surface area contributed by atoms with Crippen molar-refractivity contribution in [2.24, 2.45) is 4.99 Å². The summed E-state index contributed by atoms with van der Waals surface area (Å²) < 4.78 is 12.0. The number of benzene rings is 2. The van der Waals surface area contributed by atoms with Crippen LogP contribution in [0.2, 0.25) is 0 Å². The molecule has 4 rings (SSSR count). The van der Waals surface area contributed by atoms with Gasteiger partial charge in [0, 0.05) is 11.3 Å². The van der Waals surface area contributed by atoms with Crippen molar-refractivity contribution in [1.82, 2.24) is 15.1 Å². The van der Waals surface area contributed by atoms with E-state index in [0.29, 0.717) is 40.9 Å². The van der Waals surface area contributed by atoms with Gasteiger partial charge in [-0.05, 0) is 63.2 Å². The van der Waals surface area contributed by atoms with Crippen molar-refractivity contribution in [2.75, 3.05) is 18.5 Å². The zero-order valence-electron chi connectivity index (χ0n) is 19.2. The number of hydrogen-bond donors (Lipinski definition) is 2. The van der Waals surface area contributed by atoms with Gasteiger partial charge in [-0.15, -0.1) is 0 Å². The Bertz CT molecular complexity index is 1260. The summed E-state index contributed by atoms with van der Waals surface area (Å²) in [5.74, 6) is -0.0343. The van der Waals surface area contributed by atoms with Gasteiger partial charge in [0.05, 0.1) is 30.2 Å². The third-order valence-corrected chi connectivity index (χ3v) is 5.00. The SMILES string of the molecule is CCOC(=O)C1=Cc2c(C)nn(-c3ccccc3)c2N=C(Nc2ccc(C(=O)OCC)cc2)N1. The molecule has 2 heterocycles. The Morgan fingerprint density at radius 2 is 1.65 bits per heavy atom. The van der Waals surface area contributed by atoms with Gasteiger partial charge in [-0.3, -0.25) is 0 Å². The molecule has 3 aromatic rings. The number of rotatable bonds is 6. The van der Waals surface area contributed by atoms with Gasteiger partial charge in [-0.25, -0.2) is 14.3 Å². The quantitative estimate of drug-likeness (QED) is 0.537. The van der Waals surface area contributed by atoms with Crippen LogP contribution in [0, 0.1) is 6.92 Å². The number of carbonyl (C=O) groups is 2. The number of aromatic nitrogens is 2. The van der Waals surface area contributed by atoms with Gasteiger partial charge in [0.1, 0.15) is 5.70 Å². The van der Waals surface area contributed by atoms with E-state index in [0.717, 1.165) is 5.69 Å². The van der Waals surface area contributed by atoms with Gasteiger partial charge < -0.3 is 20.1 Å². The lowest BCUT2D eigenvalue weighted by Gasteiger charge is -2.13. The molecular weight excluding hydrogens is 434 g/mol. The molecule has 1 aliphatic heterocycles. The second-order valence-corrected chi connectivity index (χ2v) is 7.36. The van der Waals surface area contributed by atoms with E-state index in [2.05, 4.69) is 15.7 Å². The molecule has 0 saturated carbocycles. The third kappa shape index (κ3) is 4.83. The summed E-state index contributed by atoms with van der Waals surface area (Å²) in [6, 6.07) is 16.4. The van der Waals surface area contributed by atoms with Gasteiger partial charge in [0.2, 0.25) is 5.96 Å². The van der Waals surface area contributed by atoms with E-state index in [1.807, 2.05) is 37.3 Å². The van der Waals surface area contributed by atoms with Gasteiger partial charge in [0.25, 0.3) is 0 Å². The predicted octanol–water partition coefficient (Wildman–Crippen LogP) is 3.96. The largest absolute Gasteiger partial charge is 0.462 e. The Kier molecular flexibility index (Phi) is 6.72. The Balaban J connectivity index is 1.73. The van der Waals surface area contributed by atoms with Crippen LogP contribution in [0.4, 0.5) is 11.5 Å². The van der Waals surface area contributed by atoms with Crippen LogP contribution in [0.1, 0.15) is 35.5 Å². The predicted molar refractivity (Wildman–Crippen MR) is 129 cm³/mol. The second kappa shape index (κ2) is 10.0. The van der Waals surface area contributed by atoms with Crippen LogP contribution in [0.15, 0.2) is 65.3 Å². The minimum atomic E-state index is -0.505. The fourth-order valence-corrected chi connectivity index (χ4v) is 3.41. The molecule has 0 radical (unpaired) electrons. The van der Waals surface area contributed by atoms with Crippen molar-refractivity contribution in [1.29, 1.82) is 0 Å². The maximum Gasteiger partial charge on any atom is 0.354 e. The number of esters is 2. The fraction of sp³-hybridized carbons (Fsp3) is 0.200. The van der Waals surface area contributed by atoms with Gasteiger partial charge in [-0.2, -0.15) is 10.1 Å². The van der Waals surface area contributed by atoms with Crippen LogP contribution in [-0.4, -0.2) is 40.9 Å². The van der Waals surface area contributed by atoms with Crippen LogP contribution in [0.5, 0.6) is 0 Å². The number of hydrogen-bond acceptors (Lipinski definition) is 8. The smallest absolute Gasteiger partial charge is 0.354 e. The summed E-state index contributed by atoms with van der Waals surface area (Å²) in [5.41, 5.74) is 3.58. The van der Waals surface area contributed by atoms with Crippen LogP contribution >= 0.6 is 0 Å². The van der Waals surface area contributed by atoms with E-state index in [1.165, 1.54) is 0 Å². The number of para-hydroxylation sites is 1. The summed E-state index contributed by atoms with van der Waals surface area (Å²) >= 11 is 0. The number of fused-ring (bicyclic) bond motifs is 1. The number of carbonyl (C=O) groups excluding carboxylic acids is 2. The van der Waals surface area contributed by atoms with E-state index < -0.39 is 11.9 Å². The average molecular weight is 460 g/mol. The number of ether oxygens (including phenoxy) is 2. The lowest BCUT2D eigenvalue weighted by atomic mass is 10.2. The van der Waals surface area contributed by atoms with Crippen LogP contribution in [-0.2, 0) is 14.3 Å². The Morgan fingerprint density at radius 3 is 2.32 bits per heavy atom. The molecule has 0 bridgehead atoms. The normalized spacial score (nSPS) is 12.4. The zero-order valence-corrected chi connectivity index (χ0v) is 19.2. The van der Waals surface area contributed by atoms with E-state index in [4.69, 9.17) is 14.5 Å². The molecule has 1 aromatic heterocycles. The van der Waals surface area contributed by atoms with Crippen LogP contribution in [0.25, 0.3) is 11.8 Å². The highest BCUT2D eigenvalue weighted by Crippen LogP contribution is 2.30. The van der Waals surface area contributed by atoms with E-state index in [-0.39, 0.29) is 12.3 Å². The molecule has 9 nitrogen and oxygen atoms in total. The fourth-order valence-electron chi connectivity index (χ4n) is 3.41. The molecule has 0 fully saturated rings. The molecule has 174 valence electrons. The topological polar surface area (TPSA) is 107 Å². The molecule has 0 unspecified atom stereocenters. The van der Waals surface area contributed by atoms with Crippen molar-refractivity contribution in [3.05, 3.63) is 77.1 Å². The third-order valence-electron chi connectivity index (χ3n) is 5.00. The number of guanidine groups is 1. The van der Waals surface area contributed by atoms with Crippen molar-refractivity contribution in [2.45, 2.75) is 20.8 Å². The molecule has 0 saturated heterocycles. The molecule has 0 spiro atoms. The van der Waals surface area contributed by atoms with Crippen molar-refractivity contribution >= 4 is 35.5 Å². The standard InChI is InChI=1S/C25H25N5O4/c1-4-33-23(31)17-11-13-18(14-12-17)26-25-27-21(24(32)34-5-2)15-20-16(3)29-30(22(20)28-25)19-9-7-6-8-10-19/h6-15H,4-5H2,1-3H3,(H2,26,27,28). The first-order valence-electron chi connectivity index (χ1n) is 10.9. The first-order chi connectivity index (χ1) is 16.5. The van der Waals surface area contributed by atoms with Crippen LogP contribution < -0.4 is 10.6 Å². The molecule has 2 aromatic carbocycles. The monoisotopic (exact) mass is 459 g/mol. The number of nitrogens with zero attached hydrogens (tertiary/aromatic N) is 3. The number of aryl methyl sites for hydroxylation is 1. The summed E-state index contributed by atoms with van der Waals surface area (Å²) in [4.78, 5) is 29.3. The van der Waals surface area contributed by atoms with E-state index in [1.54, 1.807) is 48.9 Å². The van der Waals surface area contributed by atoms with Gasteiger partial charge in [-0.1, -0.05) is 18.2 Å². The van der Waals surface area contributed by atoms with Gasteiger partial charge >= 0.3 is 11.9 Å². The highest BCUT2D eigenvalue weighted by molar-refractivity contribution is 6.06. The van der Waals surface area contributed by atoms with Crippen molar-refractivity contribution in [3.63, 3.8) is 0 Å². The molecule has 9 heteroatoms. The molecule has 1 aliphatic rings. The Morgan fingerprint density at radius 1 is 0.971 bits per heavy atom. The van der Waals surface area contributed by atoms with Gasteiger partial charge in [0.15, 0.2) is 5.82 Å².